The lowest BCUT2D eigenvalue weighted by molar-refractivity contribution is 0.102. The van der Waals surface area contributed by atoms with Gasteiger partial charge in [0.25, 0.3) is 5.91 Å². The van der Waals surface area contributed by atoms with Crippen LogP contribution in [0, 0.1) is 18.7 Å². The summed E-state index contributed by atoms with van der Waals surface area (Å²) in [6.45, 7) is 4.25. The fourth-order valence-corrected chi connectivity index (χ4v) is 5.76. The van der Waals surface area contributed by atoms with E-state index in [1.807, 2.05) is 16.5 Å². The highest BCUT2D eigenvalue weighted by Gasteiger charge is 2.29. The van der Waals surface area contributed by atoms with E-state index in [2.05, 4.69) is 10.4 Å². The molecule has 10 heteroatoms. The normalized spacial score (nSPS) is 16.9. The molecule has 1 N–H and O–H groups in total. The van der Waals surface area contributed by atoms with Crippen molar-refractivity contribution in [2.75, 3.05) is 36.4 Å². The van der Waals surface area contributed by atoms with Crippen molar-refractivity contribution in [3.8, 4) is 0 Å². The number of aryl methyl sites for hydroxylation is 1. The third kappa shape index (κ3) is 5.08. The van der Waals surface area contributed by atoms with Crippen LogP contribution in [0.4, 0.5) is 15.9 Å². The van der Waals surface area contributed by atoms with Crippen molar-refractivity contribution in [2.45, 2.75) is 31.2 Å². The van der Waals surface area contributed by atoms with Gasteiger partial charge in [0.2, 0.25) is 10.0 Å². The zero-order valence-electron chi connectivity index (χ0n) is 19.5. The lowest BCUT2D eigenvalue weighted by Gasteiger charge is -2.35. The summed E-state index contributed by atoms with van der Waals surface area (Å²) in [7, 11) is -3.77. The second kappa shape index (κ2) is 9.43. The third-order valence-electron chi connectivity index (χ3n) is 6.55. The van der Waals surface area contributed by atoms with Crippen LogP contribution in [0.1, 0.15) is 28.8 Å². The minimum atomic E-state index is -3.77. The van der Waals surface area contributed by atoms with Crippen LogP contribution in [0.3, 0.4) is 0 Å². The maximum Gasteiger partial charge on any atom is 0.256 e. The van der Waals surface area contributed by atoms with E-state index in [9.17, 15) is 17.6 Å². The molecular formula is C25H28FN5O3S. The molecule has 8 nitrogen and oxygen atoms in total. The van der Waals surface area contributed by atoms with Crippen molar-refractivity contribution in [2.24, 2.45) is 5.92 Å². The molecule has 3 aromatic rings. The van der Waals surface area contributed by atoms with E-state index in [1.165, 1.54) is 41.4 Å². The summed E-state index contributed by atoms with van der Waals surface area (Å²) in [4.78, 5) is 15.1. The summed E-state index contributed by atoms with van der Waals surface area (Å²) in [5.74, 6) is 0.569. The summed E-state index contributed by atoms with van der Waals surface area (Å²) < 4.78 is 43.1. The lowest BCUT2D eigenvalue weighted by atomic mass is 10.2. The van der Waals surface area contributed by atoms with E-state index in [1.54, 1.807) is 30.5 Å². The molecule has 2 fully saturated rings. The fraction of sp³-hybridized carbons (Fsp3) is 0.360. The van der Waals surface area contributed by atoms with Gasteiger partial charge < -0.3 is 10.2 Å². The molecule has 1 aromatic heterocycles. The monoisotopic (exact) mass is 497 g/mol. The molecule has 2 aliphatic rings. The number of nitrogens with one attached hydrogen (secondary N) is 1. The number of carbonyl (C=O) groups is 1. The van der Waals surface area contributed by atoms with Gasteiger partial charge in [-0.15, -0.1) is 0 Å². The first-order valence-electron chi connectivity index (χ1n) is 11.8. The van der Waals surface area contributed by atoms with Crippen LogP contribution in [-0.2, 0) is 16.6 Å². The predicted octanol–water partition coefficient (Wildman–Crippen LogP) is 3.50. The van der Waals surface area contributed by atoms with E-state index < -0.39 is 10.0 Å². The second-order valence-electron chi connectivity index (χ2n) is 9.15. The Labute approximate surface area is 204 Å². The van der Waals surface area contributed by atoms with Gasteiger partial charge in [0.05, 0.1) is 11.1 Å². The average Bonchev–Trinajstić information content (AvgIpc) is 3.63. The quantitative estimate of drug-likeness (QED) is 0.540. The molecule has 0 spiro atoms. The first kappa shape index (κ1) is 23.5. The molecule has 1 aliphatic carbocycles. The van der Waals surface area contributed by atoms with E-state index in [4.69, 9.17) is 0 Å². The molecule has 0 radical (unpaired) electrons. The highest BCUT2D eigenvalue weighted by Crippen LogP contribution is 2.32. The first-order valence-corrected chi connectivity index (χ1v) is 13.2. The maximum atomic E-state index is 13.3. The van der Waals surface area contributed by atoms with Crippen LogP contribution in [0.5, 0.6) is 0 Å². The summed E-state index contributed by atoms with van der Waals surface area (Å²) >= 11 is 0. The van der Waals surface area contributed by atoms with Gasteiger partial charge in [-0.05, 0) is 68.1 Å². The number of anilines is 2. The van der Waals surface area contributed by atoms with Crippen LogP contribution >= 0.6 is 0 Å². The zero-order chi connectivity index (χ0) is 24.6. The van der Waals surface area contributed by atoms with Crippen LogP contribution in [0.15, 0.2) is 59.6 Å². The predicted molar refractivity (Wildman–Crippen MR) is 131 cm³/mol. The number of halogens is 1. The highest BCUT2D eigenvalue weighted by atomic mass is 32.2. The van der Waals surface area contributed by atoms with Crippen LogP contribution < -0.4 is 10.2 Å². The molecule has 1 amide bonds. The molecule has 1 aliphatic heterocycles. The summed E-state index contributed by atoms with van der Waals surface area (Å²) in [6.07, 6.45) is 4.07. The van der Waals surface area contributed by atoms with Crippen molar-refractivity contribution in [1.82, 2.24) is 14.1 Å². The Kier molecular flexibility index (Phi) is 6.33. The smallest absolute Gasteiger partial charge is 0.256 e. The Morgan fingerprint density at radius 3 is 2.49 bits per heavy atom. The van der Waals surface area contributed by atoms with Gasteiger partial charge >= 0.3 is 0 Å². The van der Waals surface area contributed by atoms with Crippen molar-refractivity contribution in [1.29, 1.82) is 0 Å². The van der Waals surface area contributed by atoms with Crippen molar-refractivity contribution >= 4 is 27.4 Å². The third-order valence-corrected chi connectivity index (χ3v) is 8.44. The molecule has 2 heterocycles. The lowest BCUT2D eigenvalue weighted by Crippen LogP contribution is -2.48. The average molecular weight is 498 g/mol. The first-order chi connectivity index (χ1) is 16.8. The standard InChI is InChI=1S/C25H28FN5O3S/c1-18-16-27-31(17-19-5-6-19)24(18)28-25(32)20-3-2-4-23(15-20)35(33,34)30-13-11-29(12-14-30)22-9-7-21(26)8-10-22/h2-4,7-10,15-16,19H,5-6,11-14,17H2,1H3,(H,28,32). The minimum absolute atomic E-state index is 0.0867. The minimum Gasteiger partial charge on any atom is -0.369 e. The number of piperazine rings is 1. The molecule has 184 valence electrons. The Balaban J connectivity index is 1.28. The number of rotatable bonds is 7. The number of amides is 1. The van der Waals surface area contributed by atoms with Gasteiger partial charge in [-0.25, -0.2) is 17.5 Å². The Morgan fingerprint density at radius 1 is 1.09 bits per heavy atom. The van der Waals surface area contributed by atoms with Crippen molar-refractivity contribution in [3.63, 3.8) is 0 Å². The van der Waals surface area contributed by atoms with E-state index in [0.29, 0.717) is 37.9 Å². The Morgan fingerprint density at radius 2 is 1.80 bits per heavy atom. The number of carbonyl (C=O) groups excluding carboxylic acids is 1. The summed E-state index contributed by atoms with van der Waals surface area (Å²) in [6, 6.07) is 12.3. The number of hydrogen-bond acceptors (Lipinski definition) is 5. The van der Waals surface area contributed by atoms with E-state index >= 15 is 0 Å². The number of benzene rings is 2. The molecule has 0 bridgehead atoms. The largest absolute Gasteiger partial charge is 0.369 e. The molecule has 1 saturated heterocycles. The van der Waals surface area contributed by atoms with Gasteiger partial charge in [0, 0.05) is 49.5 Å². The molecule has 2 aromatic carbocycles. The summed E-state index contributed by atoms with van der Waals surface area (Å²) in [5, 5.41) is 7.28. The zero-order valence-corrected chi connectivity index (χ0v) is 20.3. The number of nitrogens with zero attached hydrogens (tertiary/aromatic N) is 4. The van der Waals surface area contributed by atoms with Gasteiger partial charge in [0.15, 0.2) is 0 Å². The maximum absolute atomic E-state index is 13.3. The molecular weight excluding hydrogens is 469 g/mol. The molecule has 0 atom stereocenters. The van der Waals surface area contributed by atoms with Gasteiger partial charge in [-0.3, -0.25) is 4.79 Å². The highest BCUT2D eigenvalue weighted by molar-refractivity contribution is 7.89. The molecule has 0 unspecified atom stereocenters. The van der Waals surface area contributed by atoms with Gasteiger partial charge in [0.1, 0.15) is 11.6 Å². The Hall–Kier alpha value is -3.24. The fourth-order valence-electron chi connectivity index (χ4n) is 4.29. The topological polar surface area (TPSA) is 87.5 Å². The molecule has 35 heavy (non-hydrogen) atoms. The molecule has 1 saturated carbocycles. The van der Waals surface area contributed by atoms with Crippen molar-refractivity contribution < 1.29 is 17.6 Å². The number of sulfonamides is 1. The number of aromatic nitrogens is 2. The Bertz CT molecular complexity index is 1330. The second-order valence-corrected chi connectivity index (χ2v) is 11.1. The SMILES string of the molecule is Cc1cnn(CC2CC2)c1NC(=O)c1cccc(S(=O)(=O)N2CCN(c3ccc(F)cc3)CC2)c1. The van der Waals surface area contributed by atoms with Gasteiger partial charge in [-0.2, -0.15) is 9.40 Å². The van der Waals surface area contributed by atoms with Crippen LogP contribution in [0.2, 0.25) is 0 Å². The van der Waals surface area contributed by atoms with Crippen LogP contribution in [0.25, 0.3) is 0 Å². The van der Waals surface area contributed by atoms with Crippen molar-refractivity contribution in [3.05, 3.63) is 71.7 Å². The van der Waals surface area contributed by atoms with Gasteiger partial charge in [-0.1, -0.05) is 6.07 Å². The number of hydrogen-bond donors (Lipinski definition) is 1. The van der Waals surface area contributed by atoms with E-state index in [0.717, 1.165) is 17.8 Å². The molecule has 5 rings (SSSR count). The van der Waals surface area contributed by atoms with E-state index in [-0.39, 0.29) is 22.2 Å². The van der Waals surface area contributed by atoms with Crippen LogP contribution in [-0.4, -0.2) is 54.6 Å². The summed E-state index contributed by atoms with van der Waals surface area (Å²) in [5.41, 5.74) is 2.00.